The van der Waals surface area contributed by atoms with Crippen LogP contribution in [-0.4, -0.2) is 9.67 Å². The molecule has 1 N–H and O–H groups in total. The summed E-state index contributed by atoms with van der Waals surface area (Å²) < 4.78 is 2.12. The predicted molar refractivity (Wildman–Crippen MR) is 78.4 cm³/mol. The van der Waals surface area contributed by atoms with E-state index in [1.54, 1.807) is 6.07 Å². The molecule has 2 nitrogen and oxygen atoms in total. The molecule has 100 valence electrons. The SMILES string of the molecule is Cc1cc2c(n1-c1cc(Cl)ccc1Cl)CCCC2O. The summed E-state index contributed by atoms with van der Waals surface area (Å²) in [5.74, 6) is 0. The molecule has 1 aromatic carbocycles. The molecule has 2 aromatic rings. The van der Waals surface area contributed by atoms with Gasteiger partial charge in [-0.05, 0) is 50.5 Å². The molecule has 0 amide bonds. The van der Waals surface area contributed by atoms with Crippen molar-refractivity contribution >= 4 is 23.2 Å². The van der Waals surface area contributed by atoms with Gasteiger partial charge < -0.3 is 9.67 Å². The van der Waals surface area contributed by atoms with Crippen LogP contribution >= 0.6 is 23.2 Å². The van der Waals surface area contributed by atoms with Crippen LogP contribution in [0.5, 0.6) is 0 Å². The summed E-state index contributed by atoms with van der Waals surface area (Å²) in [6, 6.07) is 7.52. The maximum Gasteiger partial charge on any atom is 0.0807 e. The lowest BCUT2D eigenvalue weighted by Gasteiger charge is -2.21. The van der Waals surface area contributed by atoms with Gasteiger partial charge in [0.1, 0.15) is 0 Å². The van der Waals surface area contributed by atoms with Gasteiger partial charge in [-0.3, -0.25) is 0 Å². The smallest absolute Gasteiger partial charge is 0.0807 e. The number of halogens is 2. The number of aliphatic hydroxyl groups is 1. The van der Waals surface area contributed by atoms with E-state index in [0.717, 1.165) is 41.9 Å². The second kappa shape index (κ2) is 4.86. The Morgan fingerprint density at radius 2 is 2.05 bits per heavy atom. The molecule has 1 atom stereocenters. The fraction of sp³-hybridized carbons (Fsp3) is 0.333. The van der Waals surface area contributed by atoms with Gasteiger partial charge in [0.15, 0.2) is 0 Å². The van der Waals surface area contributed by atoms with Crippen molar-refractivity contribution in [1.29, 1.82) is 0 Å². The van der Waals surface area contributed by atoms with Crippen LogP contribution in [-0.2, 0) is 6.42 Å². The predicted octanol–water partition coefficient (Wildman–Crippen LogP) is 4.46. The van der Waals surface area contributed by atoms with Gasteiger partial charge in [-0.1, -0.05) is 23.2 Å². The highest BCUT2D eigenvalue weighted by molar-refractivity contribution is 6.34. The maximum absolute atomic E-state index is 10.1. The molecule has 0 aliphatic heterocycles. The summed E-state index contributed by atoms with van der Waals surface area (Å²) in [5.41, 5.74) is 4.15. The van der Waals surface area contributed by atoms with Gasteiger partial charge in [0.2, 0.25) is 0 Å². The molecule has 1 unspecified atom stereocenters. The van der Waals surface area contributed by atoms with E-state index in [-0.39, 0.29) is 6.10 Å². The van der Waals surface area contributed by atoms with Crippen LogP contribution in [0.4, 0.5) is 0 Å². The van der Waals surface area contributed by atoms with E-state index in [1.807, 2.05) is 19.1 Å². The summed E-state index contributed by atoms with van der Waals surface area (Å²) >= 11 is 12.4. The zero-order valence-electron chi connectivity index (χ0n) is 10.7. The van der Waals surface area contributed by atoms with E-state index in [4.69, 9.17) is 23.2 Å². The Morgan fingerprint density at radius 1 is 1.26 bits per heavy atom. The lowest BCUT2D eigenvalue weighted by molar-refractivity contribution is 0.156. The molecule has 1 heterocycles. The number of aryl methyl sites for hydroxylation is 1. The molecule has 0 bridgehead atoms. The van der Waals surface area contributed by atoms with Crippen molar-refractivity contribution in [2.24, 2.45) is 0 Å². The van der Waals surface area contributed by atoms with E-state index in [2.05, 4.69) is 10.6 Å². The summed E-state index contributed by atoms with van der Waals surface area (Å²) in [5, 5.41) is 11.4. The zero-order valence-corrected chi connectivity index (χ0v) is 12.2. The molecule has 1 aliphatic rings. The number of benzene rings is 1. The Morgan fingerprint density at radius 3 is 2.84 bits per heavy atom. The minimum Gasteiger partial charge on any atom is -0.388 e. The first-order valence-electron chi connectivity index (χ1n) is 6.42. The highest BCUT2D eigenvalue weighted by Gasteiger charge is 2.24. The third kappa shape index (κ3) is 2.18. The first-order valence-corrected chi connectivity index (χ1v) is 7.18. The standard InChI is InChI=1S/C15H15Cl2NO/c1-9-7-11-13(3-2-4-15(11)19)18(9)14-8-10(16)5-6-12(14)17/h5-8,15,19H,2-4H2,1H3. The van der Waals surface area contributed by atoms with Crippen molar-refractivity contribution in [3.8, 4) is 5.69 Å². The van der Waals surface area contributed by atoms with Crippen molar-refractivity contribution in [2.75, 3.05) is 0 Å². The number of rotatable bonds is 1. The first-order chi connectivity index (χ1) is 9.08. The van der Waals surface area contributed by atoms with Gasteiger partial charge in [0.25, 0.3) is 0 Å². The summed E-state index contributed by atoms with van der Waals surface area (Å²) in [6.07, 6.45) is 2.43. The molecule has 0 spiro atoms. The molecule has 19 heavy (non-hydrogen) atoms. The number of nitrogens with zero attached hydrogens (tertiary/aromatic N) is 1. The normalized spacial score (nSPS) is 18.4. The second-order valence-corrected chi connectivity index (χ2v) is 5.87. The molecule has 3 rings (SSSR count). The van der Waals surface area contributed by atoms with Crippen LogP contribution in [0, 0.1) is 6.92 Å². The Labute approximate surface area is 122 Å². The van der Waals surface area contributed by atoms with Gasteiger partial charge in [-0.25, -0.2) is 0 Å². The van der Waals surface area contributed by atoms with Crippen LogP contribution < -0.4 is 0 Å². The van der Waals surface area contributed by atoms with Gasteiger partial charge in [-0.15, -0.1) is 0 Å². The Kier molecular flexibility index (Phi) is 3.34. The Balaban J connectivity index is 2.23. The number of hydrogen-bond acceptors (Lipinski definition) is 1. The monoisotopic (exact) mass is 295 g/mol. The quantitative estimate of drug-likeness (QED) is 0.825. The average Bonchev–Trinajstić information content (AvgIpc) is 2.70. The van der Waals surface area contributed by atoms with E-state index in [0.29, 0.717) is 10.0 Å². The number of fused-ring (bicyclic) bond motifs is 1. The fourth-order valence-electron chi connectivity index (χ4n) is 2.87. The van der Waals surface area contributed by atoms with Crippen LogP contribution in [0.1, 0.15) is 35.9 Å². The van der Waals surface area contributed by atoms with Gasteiger partial charge in [-0.2, -0.15) is 0 Å². The van der Waals surface area contributed by atoms with Gasteiger partial charge in [0.05, 0.1) is 16.8 Å². The van der Waals surface area contributed by atoms with Gasteiger partial charge >= 0.3 is 0 Å². The highest BCUT2D eigenvalue weighted by atomic mass is 35.5. The summed E-state index contributed by atoms with van der Waals surface area (Å²) in [7, 11) is 0. The largest absolute Gasteiger partial charge is 0.388 e. The Hall–Kier alpha value is -0.960. The van der Waals surface area contributed by atoms with Crippen LogP contribution in [0.25, 0.3) is 5.69 Å². The molecule has 1 aromatic heterocycles. The molecule has 0 radical (unpaired) electrons. The fourth-order valence-corrected chi connectivity index (χ4v) is 3.24. The zero-order chi connectivity index (χ0) is 13.6. The molecule has 1 aliphatic carbocycles. The summed E-state index contributed by atoms with van der Waals surface area (Å²) in [4.78, 5) is 0. The lowest BCUT2D eigenvalue weighted by atomic mass is 9.95. The minimum atomic E-state index is -0.360. The number of aromatic nitrogens is 1. The molecule has 0 fully saturated rings. The molecule has 4 heteroatoms. The average molecular weight is 296 g/mol. The van der Waals surface area contributed by atoms with Crippen molar-refractivity contribution in [3.05, 3.63) is 51.3 Å². The van der Waals surface area contributed by atoms with Crippen molar-refractivity contribution < 1.29 is 5.11 Å². The molecular weight excluding hydrogens is 281 g/mol. The van der Waals surface area contributed by atoms with Gasteiger partial charge in [0, 0.05) is 22.0 Å². The van der Waals surface area contributed by atoms with Crippen molar-refractivity contribution in [1.82, 2.24) is 4.57 Å². The number of hydrogen-bond donors (Lipinski definition) is 1. The topological polar surface area (TPSA) is 25.2 Å². The molecular formula is C15H15Cl2NO. The summed E-state index contributed by atoms with van der Waals surface area (Å²) in [6.45, 7) is 2.03. The maximum atomic E-state index is 10.1. The van der Waals surface area contributed by atoms with E-state index < -0.39 is 0 Å². The lowest BCUT2D eigenvalue weighted by Crippen LogP contribution is -2.11. The van der Waals surface area contributed by atoms with E-state index in [1.165, 1.54) is 0 Å². The Bertz CT molecular complexity index is 633. The van der Waals surface area contributed by atoms with E-state index in [9.17, 15) is 5.11 Å². The van der Waals surface area contributed by atoms with Crippen molar-refractivity contribution in [3.63, 3.8) is 0 Å². The highest BCUT2D eigenvalue weighted by Crippen LogP contribution is 2.36. The molecule has 0 saturated carbocycles. The first kappa shape index (κ1) is 13.0. The van der Waals surface area contributed by atoms with Crippen LogP contribution in [0.15, 0.2) is 24.3 Å². The third-order valence-electron chi connectivity index (χ3n) is 3.72. The second-order valence-electron chi connectivity index (χ2n) is 5.03. The third-order valence-corrected chi connectivity index (χ3v) is 4.27. The van der Waals surface area contributed by atoms with E-state index >= 15 is 0 Å². The van der Waals surface area contributed by atoms with Crippen LogP contribution in [0.2, 0.25) is 10.0 Å². The molecule has 0 saturated heterocycles. The number of aliphatic hydroxyl groups excluding tert-OH is 1. The minimum absolute atomic E-state index is 0.360. The van der Waals surface area contributed by atoms with Crippen LogP contribution in [0.3, 0.4) is 0 Å². The van der Waals surface area contributed by atoms with Crippen molar-refractivity contribution in [2.45, 2.75) is 32.3 Å².